The monoisotopic (exact) mass is 400 g/mol. The van der Waals surface area contributed by atoms with E-state index in [4.69, 9.17) is 15.2 Å². The minimum Gasteiger partial charge on any atom is -0.496 e. The van der Waals surface area contributed by atoms with E-state index >= 15 is 0 Å². The van der Waals surface area contributed by atoms with Crippen molar-refractivity contribution in [2.45, 2.75) is 6.54 Å². The lowest BCUT2D eigenvalue weighted by Crippen LogP contribution is -2.51. The van der Waals surface area contributed by atoms with Crippen LogP contribution < -0.4 is 15.4 Å². The normalized spacial score (nSPS) is 14.7. The van der Waals surface area contributed by atoms with Gasteiger partial charge in [-0.05, 0) is 42.0 Å². The summed E-state index contributed by atoms with van der Waals surface area (Å²) in [4.78, 5) is 20.6. The lowest BCUT2D eigenvalue weighted by molar-refractivity contribution is 0.0597. The highest BCUT2D eigenvalue weighted by Gasteiger charge is 2.19. The number of hydrogen-bond donors (Lipinski definition) is 1. The average molecular weight is 400 g/mol. The number of nitrogens with zero attached hydrogens (tertiary/aromatic N) is 3. The highest BCUT2D eigenvalue weighted by molar-refractivity contribution is 5.92. The van der Waals surface area contributed by atoms with Crippen LogP contribution >= 0.6 is 0 Å². The summed E-state index contributed by atoms with van der Waals surface area (Å²) in [6.07, 6.45) is 0. The lowest BCUT2D eigenvalue weighted by Gasteiger charge is -2.36. The molecule has 8 heteroatoms. The number of halogens is 1. The predicted octanol–water partition coefficient (Wildman–Crippen LogP) is 2.26. The van der Waals surface area contributed by atoms with Gasteiger partial charge in [0.05, 0.1) is 20.8 Å². The molecule has 1 heterocycles. The van der Waals surface area contributed by atoms with Gasteiger partial charge in [-0.3, -0.25) is 0 Å². The highest BCUT2D eigenvalue weighted by atomic mass is 19.1. The van der Waals surface area contributed by atoms with E-state index in [1.807, 2.05) is 11.0 Å². The summed E-state index contributed by atoms with van der Waals surface area (Å²) < 4.78 is 23.1. The second kappa shape index (κ2) is 9.27. The van der Waals surface area contributed by atoms with Gasteiger partial charge in [-0.2, -0.15) is 0 Å². The fourth-order valence-electron chi connectivity index (χ4n) is 3.24. The molecule has 2 N–H and O–H groups in total. The first-order chi connectivity index (χ1) is 14.0. The third-order valence-corrected chi connectivity index (χ3v) is 4.89. The number of esters is 1. The van der Waals surface area contributed by atoms with Gasteiger partial charge < -0.3 is 25.0 Å². The number of hydrogen-bond acceptors (Lipinski definition) is 5. The van der Waals surface area contributed by atoms with Crippen LogP contribution in [0.15, 0.2) is 47.5 Å². The molecule has 0 radical (unpaired) electrons. The van der Waals surface area contributed by atoms with Gasteiger partial charge in [0.2, 0.25) is 0 Å². The Hall–Kier alpha value is -3.29. The zero-order valence-electron chi connectivity index (χ0n) is 16.6. The Morgan fingerprint density at radius 2 is 1.79 bits per heavy atom. The van der Waals surface area contributed by atoms with E-state index in [2.05, 4.69) is 9.89 Å². The lowest BCUT2D eigenvalue weighted by atomic mass is 10.1. The molecule has 0 aliphatic carbocycles. The molecule has 2 aromatic carbocycles. The fourth-order valence-corrected chi connectivity index (χ4v) is 3.24. The first kappa shape index (κ1) is 20.4. The van der Waals surface area contributed by atoms with Gasteiger partial charge in [-0.25, -0.2) is 14.2 Å². The molecule has 0 amide bonds. The molecule has 1 fully saturated rings. The van der Waals surface area contributed by atoms with Crippen molar-refractivity contribution in [3.8, 4) is 5.75 Å². The number of piperazine rings is 1. The number of guanidine groups is 1. The Morgan fingerprint density at radius 3 is 2.41 bits per heavy atom. The standard InChI is InChI=1S/C21H25FN4O3/c1-28-19-8-3-15(13-18(19)20(27)29-2)14-24-21(23)26-11-9-25(10-12-26)17-6-4-16(22)5-7-17/h3-8,13H,9-12,14H2,1-2H3,(H2,23,24). The zero-order valence-corrected chi connectivity index (χ0v) is 16.6. The maximum absolute atomic E-state index is 13.1. The van der Waals surface area contributed by atoms with Gasteiger partial charge in [0.15, 0.2) is 5.96 Å². The van der Waals surface area contributed by atoms with Gasteiger partial charge in [0.1, 0.15) is 17.1 Å². The minimum atomic E-state index is -0.461. The van der Waals surface area contributed by atoms with Crippen molar-refractivity contribution in [3.05, 3.63) is 59.4 Å². The molecular formula is C21H25FN4O3. The van der Waals surface area contributed by atoms with Crippen molar-refractivity contribution in [1.29, 1.82) is 0 Å². The van der Waals surface area contributed by atoms with Crippen LogP contribution in [-0.4, -0.2) is 57.2 Å². The molecule has 0 bridgehead atoms. The zero-order chi connectivity index (χ0) is 20.8. The summed E-state index contributed by atoms with van der Waals surface area (Å²) >= 11 is 0. The number of ether oxygens (including phenoxy) is 2. The number of carbonyl (C=O) groups excluding carboxylic acids is 1. The summed E-state index contributed by atoms with van der Waals surface area (Å²) in [6, 6.07) is 11.8. The van der Waals surface area contributed by atoms with Crippen LogP contribution in [0.3, 0.4) is 0 Å². The molecule has 7 nitrogen and oxygen atoms in total. The second-order valence-corrected chi connectivity index (χ2v) is 6.65. The molecule has 0 unspecified atom stereocenters. The van der Waals surface area contributed by atoms with Crippen molar-refractivity contribution in [2.24, 2.45) is 10.7 Å². The van der Waals surface area contributed by atoms with E-state index in [0.29, 0.717) is 23.8 Å². The topological polar surface area (TPSA) is 80.4 Å². The van der Waals surface area contributed by atoms with Crippen LogP contribution in [0.4, 0.5) is 10.1 Å². The number of methoxy groups -OCH3 is 2. The van der Waals surface area contributed by atoms with E-state index in [1.54, 1.807) is 24.3 Å². The van der Waals surface area contributed by atoms with E-state index < -0.39 is 5.97 Å². The molecule has 3 rings (SSSR count). The number of carbonyl (C=O) groups is 1. The number of aliphatic imine (C=N–C) groups is 1. The summed E-state index contributed by atoms with van der Waals surface area (Å²) in [5.74, 6) is 0.212. The highest BCUT2D eigenvalue weighted by Crippen LogP contribution is 2.21. The van der Waals surface area contributed by atoms with Gasteiger partial charge in [-0.15, -0.1) is 0 Å². The van der Waals surface area contributed by atoms with Gasteiger partial charge >= 0.3 is 5.97 Å². The van der Waals surface area contributed by atoms with E-state index in [-0.39, 0.29) is 5.82 Å². The third-order valence-electron chi connectivity index (χ3n) is 4.89. The van der Waals surface area contributed by atoms with Crippen molar-refractivity contribution in [2.75, 3.05) is 45.3 Å². The first-order valence-electron chi connectivity index (χ1n) is 9.32. The van der Waals surface area contributed by atoms with Crippen LogP contribution in [0.25, 0.3) is 0 Å². The Balaban J connectivity index is 1.61. The molecule has 0 saturated carbocycles. The van der Waals surface area contributed by atoms with Crippen molar-refractivity contribution < 1.29 is 18.7 Å². The van der Waals surface area contributed by atoms with Crippen molar-refractivity contribution in [3.63, 3.8) is 0 Å². The number of rotatable bonds is 5. The van der Waals surface area contributed by atoms with Crippen LogP contribution in [-0.2, 0) is 11.3 Å². The SMILES string of the molecule is COC(=O)c1cc(CN=C(N)N2CCN(c3ccc(F)cc3)CC2)ccc1OC. The van der Waals surface area contributed by atoms with Crippen molar-refractivity contribution in [1.82, 2.24) is 4.90 Å². The molecule has 1 aliphatic rings. The molecule has 154 valence electrons. The Labute approximate surface area is 169 Å². The van der Waals surface area contributed by atoms with E-state index in [9.17, 15) is 9.18 Å². The van der Waals surface area contributed by atoms with Crippen molar-refractivity contribution >= 4 is 17.6 Å². The maximum atomic E-state index is 13.1. The Morgan fingerprint density at radius 1 is 1.10 bits per heavy atom. The molecule has 0 atom stereocenters. The summed E-state index contributed by atoms with van der Waals surface area (Å²) in [5, 5.41) is 0. The first-order valence-corrected chi connectivity index (χ1v) is 9.32. The van der Waals surface area contributed by atoms with Crippen LogP contribution in [0.2, 0.25) is 0 Å². The Kier molecular flexibility index (Phi) is 6.54. The molecule has 0 aromatic heterocycles. The van der Waals surface area contributed by atoms with Crippen LogP contribution in [0.1, 0.15) is 15.9 Å². The number of anilines is 1. The fraction of sp³-hybridized carbons (Fsp3) is 0.333. The summed E-state index contributed by atoms with van der Waals surface area (Å²) in [6.45, 7) is 3.34. The van der Waals surface area contributed by atoms with Gasteiger partial charge in [-0.1, -0.05) is 6.07 Å². The summed E-state index contributed by atoms with van der Waals surface area (Å²) in [5.41, 5.74) is 8.36. The van der Waals surface area contributed by atoms with Crippen LogP contribution in [0, 0.1) is 5.82 Å². The van der Waals surface area contributed by atoms with E-state index in [1.165, 1.54) is 26.4 Å². The molecule has 0 spiro atoms. The molecular weight excluding hydrogens is 375 g/mol. The molecule has 2 aromatic rings. The summed E-state index contributed by atoms with van der Waals surface area (Å²) in [7, 11) is 2.83. The molecule has 29 heavy (non-hydrogen) atoms. The molecule has 1 saturated heterocycles. The number of nitrogens with two attached hydrogens (primary N) is 1. The van der Waals surface area contributed by atoms with Gasteiger partial charge in [0, 0.05) is 31.9 Å². The second-order valence-electron chi connectivity index (χ2n) is 6.65. The molecule has 1 aliphatic heterocycles. The predicted molar refractivity (Wildman–Crippen MR) is 110 cm³/mol. The average Bonchev–Trinajstić information content (AvgIpc) is 2.77. The minimum absolute atomic E-state index is 0.238. The van der Waals surface area contributed by atoms with Crippen LogP contribution in [0.5, 0.6) is 5.75 Å². The quantitative estimate of drug-likeness (QED) is 0.471. The maximum Gasteiger partial charge on any atom is 0.341 e. The largest absolute Gasteiger partial charge is 0.496 e. The number of benzene rings is 2. The van der Waals surface area contributed by atoms with E-state index in [0.717, 1.165) is 37.4 Å². The smallest absolute Gasteiger partial charge is 0.341 e. The van der Waals surface area contributed by atoms with Gasteiger partial charge in [0.25, 0.3) is 0 Å². The third kappa shape index (κ3) is 4.96. The Bertz CT molecular complexity index is 878.